The summed E-state index contributed by atoms with van der Waals surface area (Å²) in [6.45, 7) is 7.15. The largest absolute Gasteiger partial charge is 0.292 e. The van der Waals surface area contributed by atoms with E-state index in [1.54, 1.807) is 0 Å². The molecule has 0 aromatic heterocycles. The van der Waals surface area contributed by atoms with Crippen LogP contribution in [0.3, 0.4) is 0 Å². The molecule has 1 heterocycles. The van der Waals surface area contributed by atoms with Crippen LogP contribution in [0.4, 0.5) is 0 Å². The van der Waals surface area contributed by atoms with Gasteiger partial charge in [0.2, 0.25) is 0 Å². The minimum Gasteiger partial charge on any atom is -0.292 e. The second kappa shape index (κ2) is 5.68. The molecule has 1 fully saturated rings. The molecule has 0 aliphatic carbocycles. The Bertz CT molecular complexity index is 256. The molecule has 1 rings (SSSR count). The van der Waals surface area contributed by atoms with Gasteiger partial charge in [0.25, 0.3) is 0 Å². The van der Waals surface area contributed by atoms with Crippen molar-refractivity contribution in [2.45, 2.75) is 26.7 Å². The molecular weight excluding hydrogens is 172 g/mol. The Morgan fingerprint density at radius 2 is 2.00 bits per heavy atom. The quantitative estimate of drug-likeness (QED) is 0.590. The molecule has 0 saturated carbocycles. The number of rotatable bonds is 1. The standard InChI is InChI=1S/C12H18N2/c1-11(2)4-3-7-14-8-5-12(10-13)6-9-14/h11-12H,5-9H2,1-2H3. The van der Waals surface area contributed by atoms with Crippen molar-refractivity contribution in [2.24, 2.45) is 11.8 Å². The molecule has 0 N–H and O–H groups in total. The van der Waals surface area contributed by atoms with Gasteiger partial charge in [-0.15, -0.1) is 0 Å². The zero-order valence-electron chi connectivity index (χ0n) is 9.08. The van der Waals surface area contributed by atoms with E-state index in [-0.39, 0.29) is 5.92 Å². The SMILES string of the molecule is CC(C)C#CCN1CCC(C#N)CC1. The third-order valence-corrected chi connectivity index (χ3v) is 2.46. The van der Waals surface area contributed by atoms with Crippen LogP contribution in [-0.4, -0.2) is 24.5 Å². The first-order valence-electron chi connectivity index (χ1n) is 5.32. The van der Waals surface area contributed by atoms with E-state index in [9.17, 15) is 0 Å². The highest BCUT2D eigenvalue weighted by atomic mass is 15.1. The van der Waals surface area contributed by atoms with Gasteiger partial charge in [-0.25, -0.2) is 0 Å². The number of nitriles is 1. The van der Waals surface area contributed by atoms with E-state index in [0.29, 0.717) is 5.92 Å². The van der Waals surface area contributed by atoms with Crippen LogP contribution in [-0.2, 0) is 0 Å². The first-order valence-corrected chi connectivity index (χ1v) is 5.32. The van der Waals surface area contributed by atoms with Crippen LogP contribution in [0.5, 0.6) is 0 Å². The van der Waals surface area contributed by atoms with Crippen LogP contribution in [0.15, 0.2) is 0 Å². The van der Waals surface area contributed by atoms with Crippen molar-refractivity contribution in [3.63, 3.8) is 0 Å². The van der Waals surface area contributed by atoms with Gasteiger partial charge in [-0.2, -0.15) is 5.26 Å². The number of hydrogen-bond acceptors (Lipinski definition) is 2. The maximum Gasteiger partial charge on any atom is 0.0656 e. The van der Waals surface area contributed by atoms with Gasteiger partial charge in [-0.05, 0) is 12.8 Å². The van der Waals surface area contributed by atoms with Crippen LogP contribution in [0.25, 0.3) is 0 Å². The molecule has 0 aromatic carbocycles. The van der Waals surface area contributed by atoms with Crippen LogP contribution < -0.4 is 0 Å². The Morgan fingerprint density at radius 1 is 1.36 bits per heavy atom. The average molecular weight is 190 g/mol. The van der Waals surface area contributed by atoms with Crippen molar-refractivity contribution in [3.8, 4) is 17.9 Å². The molecule has 1 saturated heterocycles. The lowest BCUT2D eigenvalue weighted by Gasteiger charge is -2.26. The smallest absolute Gasteiger partial charge is 0.0656 e. The summed E-state index contributed by atoms with van der Waals surface area (Å²) in [6, 6.07) is 2.34. The molecule has 14 heavy (non-hydrogen) atoms. The van der Waals surface area contributed by atoms with Gasteiger partial charge in [0.05, 0.1) is 12.6 Å². The monoisotopic (exact) mass is 190 g/mol. The van der Waals surface area contributed by atoms with Crippen molar-refractivity contribution in [3.05, 3.63) is 0 Å². The average Bonchev–Trinajstić information content (AvgIpc) is 2.18. The zero-order valence-corrected chi connectivity index (χ0v) is 9.08. The Morgan fingerprint density at radius 3 is 2.50 bits per heavy atom. The van der Waals surface area contributed by atoms with Crippen LogP contribution >= 0.6 is 0 Å². The molecule has 0 amide bonds. The predicted molar refractivity (Wildman–Crippen MR) is 57.4 cm³/mol. The number of nitrogens with zero attached hydrogens (tertiary/aromatic N) is 2. The van der Waals surface area contributed by atoms with Gasteiger partial charge in [0, 0.05) is 24.9 Å². The van der Waals surface area contributed by atoms with Gasteiger partial charge in [-0.3, -0.25) is 4.90 Å². The lowest BCUT2D eigenvalue weighted by molar-refractivity contribution is 0.228. The molecule has 0 radical (unpaired) electrons. The summed E-state index contributed by atoms with van der Waals surface area (Å²) >= 11 is 0. The summed E-state index contributed by atoms with van der Waals surface area (Å²) < 4.78 is 0. The second-order valence-electron chi connectivity index (χ2n) is 4.16. The summed E-state index contributed by atoms with van der Waals surface area (Å²) in [6.07, 6.45) is 2.03. The van der Waals surface area contributed by atoms with E-state index in [1.165, 1.54) is 0 Å². The molecule has 1 aliphatic heterocycles. The summed E-state index contributed by atoms with van der Waals surface area (Å²) in [5.41, 5.74) is 0. The fraction of sp³-hybridized carbons (Fsp3) is 0.750. The van der Waals surface area contributed by atoms with E-state index in [0.717, 1.165) is 32.5 Å². The molecule has 1 aliphatic rings. The van der Waals surface area contributed by atoms with Crippen molar-refractivity contribution in [1.29, 1.82) is 5.26 Å². The predicted octanol–water partition coefficient (Wildman–Crippen LogP) is 1.88. The Kier molecular flexibility index (Phi) is 4.50. The molecule has 2 heteroatoms. The molecular formula is C12H18N2. The normalized spacial score (nSPS) is 18.7. The molecule has 0 aromatic rings. The number of piperidine rings is 1. The minimum absolute atomic E-state index is 0.282. The van der Waals surface area contributed by atoms with Crippen molar-refractivity contribution in [2.75, 3.05) is 19.6 Å². The summed E-state index contributed by atoms with van der Waals surface area (Å²) in [5.74, 6) is 7.09. The maximum atomic E-state index is 8.73. The van der Waals surface area contributed by atoms with Crippen LogP contribution in [0, 0.1) is 35.0 Å². The topological polar surface area (TPSA) is 27.0 Å². The first kappa shape index (κ1) is 11.1. The van der Waals surface area contributed by atoms with Crippen molar-refractivity contribution in [1.82, 2.24) is 4.90 Å². The zero-order chi connectivity index (χ0) is 10.4. The molecule has 2 nitrogen and oxygen atoms in total. The van der Waals surface area contributed by atoms with E-state index in [2.05, 4.69) is 36.7 Å². The third kappa shape index (κ3) is 3.81. The maximum absolute atomic E-state index is 8.73. The number of likely N-dealkylation sites (tertiary alicyclic amines) is 1. The van der Waals surface area contributed by atoms with E-state index in [4.69, 9.17) is 5.26 Å². The molecule has 0 spiro atoms. The van der Waals surface area contributed by atoms with Crippen LogP contribution in [0.1, 0.15) is 26.7 Å². The highest BCUT2D eigenvalue weighted by molar-refractivity contribution is 5.04. The fourth-order valence-electron chi connectivity index (χ4n) is 1.58. The molecule has 0 unspecified atom stereocenters. The van der Waals surface area contributed by atoms with E-state index < -0.39 is 0 Å². The molecule has 76 valence electrons. The van der Waals surface area contributed by atoms with Crippen molar-refractivity contribution < 1.29 is 0 Å². The lowest BCUT2D eigenvalue weighted by atomic mass is 9.99. The van der Waals surface area contributed by atoms with Gasteiger partial charge in [-0.1, -0.05) is 25.7 Å². The third-order valence-electron chi connectivity index (χ3n) is 2.46. The summed E-state index contributed by atoms with van der Waals surface area (Å²) in [7, 11) is 0. The molecule has 0 bridgehead atoms. The number of hydrogen-bond donors (Lipinski definition) is 0. The Hall–Kier alpha value is -0.990. The first-order chi connectivity index (χ1) is 6.72. The van der Waals surface area contributed by atoms with Crippen LogP contribution in [0.2, 0.25) is 0 Å². The summed E-state index contributed by atoms with van der Waals surface area (Å²) in [5, 5.41) is 8.73. The van der Waals surface area contributed by atoms with E-state index in [1.807, 2.05) is 0 Å². The highest BCUT2D eigenvalue weighted by Crippen LogP contribution is 2.15. The highest BCUT2D eigenvalue weighted by Gasteiger charge is 2.17. The lowest BCUT2D eigenvalue weighted by Crippen LogP contribution is -2.33. The molecule has 0 atom stereocenters. The van der Waals surface area contributed by atoms with Gasteiger partial charge >= 0.3 is 0 Å². The minimum atomic E-state index is 0.282. The Labute approximate surface area is 86.9 Å². The Balaban J connectivity index is 2.24. The van der Waals surface area contributed by atoms with E-state index >= 15 is 0 Å². The summed E-state index contributed by atoms with van der Waals surface area (Å²) in [4.78, 5) is 2.34. The second-order valence-corrected chi connectivity index (χ2v) is 4.16. The van der Waals surface area contributed by atoms with Gasteiger partial charge in [0.15, 0.2) is 0 Å². The fourth-order valence-corrected chi connectivity index (χ4v) is 1.58. The van der Waals surface area contributed by atoms with Crippen molar-refractivity contribution >= 4 is 0 Å². The van der Waals surface area contributed by atoms with Gasteiger partial charge < -0.3 is 0 Å². The van der Waals surface area contributed by atoms with Gasteiger partial charge in [0.1, 0.15) is 0 Å².